The van der Waals surface area contributed by atoms with Gasteiger partial charge in [-0.25, -0.2) is 4.39 Å². The Bertz CT molecular complexity index is 1600. The number of nitrogens with zero attached hydrogens (tertiary/aromatic N) is 1. The fourth-order valence-electron chi connectivity index (χ4n) is 3.78. The summed E-state index contributed by atoms with van der Waals surface area (Å²) in [6.07, 6.45) is 4.91. The van der Waals surface area contributed by atoms with Crippen LogP contribution in [0.1, 0.15) is 26.4 Å². The lowest BCUT2D eigenvalue weighted by molar-refractivity contribution is -0.109. The quantitative estimate of drug-likeness (QED) is 0.248. The van der Waals surface area contributed by atoms with Gasteiger partial charge in [0.15, 0.2) is 9.74 Å². The van der Waals surface area contributed by atoms with Gasteiger partial charge in [0, 0.05) is 16.8 Å². The highest BCUT2D eigenvalue weighted by Crippen LogP contribution is 2.35. The summed E-state index contributed by atoms with van der Waals surface area (Å²) >= 11 is 6.66. The Hall–Kier alpha value is -4.14. The summed E-state index contributed by atoms with van der Waals surface area (Å²) in [5, 5.41) is 13.7. The molecule has 1 heterocycles. The molecule has 172 valence electrons. The second-order valence-corrected chi connectivity index (χ2v) is 9.42. The van der Waals surface area contributed by atoms with Gasteiger partial charge in [-0.05, 0) is 78.0 Å². The molecule has 1 aliphatic rings. The van der Waals surface area contributed by atoms with E-state index >= 15 is 0 Å². The molecule has 0 atom stereocenters. The first-order valence-corrected chi connectivity index (χ1v) is 11.8. The van der Waals surface area contributed by atoms with Crippen LogP contribution >= 0.6 is 23.6 Å². The summed E-state index contributed by atoms with van der Waals surface area (Å²) in [6.45, 7) is 0. The highest BCUT2D eigenvalue weighted by Gasteiger charge is 2.20. The average molecular weight is 501 g/mol. The zero-order chi connectivity index (χ0) is 24.5. The summed E-state index contributed by atoms with van der Waals surface area (Å²) in [7, 11) is 0. The second-order valence-electron chi connectivity index (χ2n) is 7.75. The fraction of sp³-hybridized carbons (Fsp3) is 0. The number of hydrogen-bond acceptors (Lipinski definition) is 5. The minimum absolute atomic E-state index is 0.122. The number of hydrogen-bond donors (Lipinski definition) is 2. The zero-order valence-electron chi connectivity index (χ0n) is 18.1. The number of allylic oxidation sites excluding steroid dienone is 2. The summed E-state index contributed by atoms with van der Waals surface area (Å²) in [6, 6.07) is 19.6. The third-order valence-corrected chi connectivity index (χ3v) is 6.80. The van der Waals surface area contributed by atoms with Gasteiger partial charge in [0.1, 0.15) is 5.82 Å². The van der Waals surface area contributed by atoms with E-state index in [1.165, 1.54) is 34.9 Å². The number of ketones is 1. The molecule has 3 aromatic carbocycles. The molecule has 0 unspecified atom stereocenters. The van der Waals surface area contributed by atoms with Crippen molar-refractivity contribution in [1.29, 1.82) is 0 Å². The molecule has 8 heteroatoms. The van der Waals surface area contributed by atoms with Gasteiger partial charge in [0.25, 0.3) is 5.91 Å². The summed E-state index contributed by atoms with van der Waals surface area (Å²) in [4.78, 5) is 25.7. The molecule has 0 spiro atoms. The highest BCUT2D eigenvalue weighted by molar-refractivity contribution is 7.73. The van der Waals surface area contributed by atoms with Crippen molar-refractivity contribution in [3.8, 4) is 11.6 Å². The minimum atomic E-state index is -0.396. The van der Waals surface area contributed by atoms with Crippen LogP contribution in [-0.2, 0) is 4.79 Å². The number of aromatic nitrogens is 1. The molecule has 1 amide bonds. The SMILES string of the molecule is O=C1C=Cc2ccccc2C1=Cc1sc(=S)n(-c2cccc(C(=O)Nc3ccc(F)cc3)c2)c1O. The summed E-state index contributed by atoms with van der Waals surface area (Å²) in [5.41, 5.74) is 3.45. The Balaban J connectivity index is 1.49. The number of halogens is 1. The van der Waals surface area contributed by atoms with E-state index in [4.69, 9.17) is 12.2 Å². The van der Waals surface area contributed by atoms with Crippen molar-refractivity contribution in [3.63, 3.8) is 0 Å². The Kier molecular flexibility index (Phi) is 5.98. The van der Waals surface area contributed by atoms with Crippen LogP contribution < -0.4 is 5.32 Å². The van der Waals surface area contributed by atoms with Gasteiger partial charge in [0.2, 0.25) is 5.88 Å². The predicted octanol–water partition coefficient (Wildman–Crippen LogP) is 6.50. The Morgan fingerprint density at radius 3 is 2.60 bits per heavy atom. The van der Waals surface area contributed by atoms with E-state index in [0.29, 0.717) is 31.3 Å². The number of amides is 1. The van der Waals surface area contributed by atoms with Crippen molar-refractivity contribution < 1.29 is 19.1 Å². The third kappa shape index (κ3) is 4.49. The Morgan fingerprint density at radius 1 is 1.03 bits per heavy atom. The van der Waals surface area contributed by atoms with Gasteiger partial charge < -0.3 is 10.4 Å². The molecule has 4 aromatic rings. The average Bonchev–Trinajstić information content (AvgIpc) is 3.15. The summed E-state index contributed by atoms with van der Waals surface area (Å²) in [5.74, 6) is -1.07. The predicted molar refractivity (Wildman–Crippen MR) is 139 cm³/mol. The lowest BCUT2D eigenvalue weighted by atomic mass is 9.91. The van der Waals surface area contributed by atoms with Crippen LogP contribution in [0.5, 0.6) is 5.88 Å². The molecular formula is C27H17FN2O3S2. The molecule has 0 bridgehead atoms. The molecule has 0 aliphatic heterocycles. The highest BCUT2D eigenvalue weighted by atomic mass is 32.1. The molecule has 0 radical (unpaired) electrons. The minimum Gasteiger partial charge on any atom is -0.493 e. The number of fused-ring (bicyclic) bond motifs is 1. The third-order valence-electron chi connectivity index (χ3n) is 5.49. The first kappa shape index (κ1) is 22.6. The largest absolute Gasteiger partial charge is 0.493 e. The van der Waals surface area contributed by atoms with Crippen molar-refractivity contribution in [1.82, 2.24) is 4.57 Å². The van der Waals surface area contributed by atoms with E-state index in [9.17, 15) is 19.1 Å². The topological polar surface area (TPSA) is 71.3 Å². The normalized spacial score (nSPS) is 13.6. The molecule has 0 saturated heterocycles. The maximum atomic E-state index is 13.1. The van der Waals surface area contributed by atoms with Crippen LogP contribution in [0, 0.1) is 9.77 Å². The van der Waals surface area contributed by atoms with Crippen LogP contribution in [0.25, 0.3) is 23.4 Å². The van der Waals surface area contributed by atoms with Gasteiger partial charge in [-0.2, -0.15) is 0 Å². The smallest absolute Gasteiger partial charge is 0.255 e. The van der Waals surface area contributed by atoms with Gasteiger partial charge >= 0.3 is 0 Å². The van der Waals surface area contributed by atoms with E-state index < -0.39 is 11.7 Å². The van der Waals surface area contributed by atoms with Gasteiger partial charge in [-0.3, -0.25) is 14.2 Å². The molecular weight excluding hydrogens is 483 g/mol. The van der Waals surface area contributed by atoms with E-state index in [1.807, 2.05) is 24.3 Å². The van der Waals surface area contributed by atoms with Crippen molar-refractivity contribution in [2.45, 2.75) is 0 Å². The molecule has 0 fully saturated rings. The van der Waals surface area contributed by atoms with Crippen molar-refractivity contribution in [2.24, 2.45) is 0 Å². The van der Waals surface area contributed by atoms with Crippen LogP contribution in [0.3, 0.4) is 0 Å². The van der Waals surface area contributed by atoms with Crippen LogP contribution in [-0.4, -0.2) is 21.4 Å². The molecule has 5 nitrogen and oxygen atoms in total. The van der Waals surface area contributed by atoms with E-state index in [2.05, 4.69) is 5.32 Å². The maximum absolute atomic E-state index is 13.1. The first-order chi connectivity index (χ1) is 16.9. The fourth-order valence-corrected chi connectivity index (χ4v) is 5.07. The number of thiazole rings is 1. The number of anilines is 1. The molecule has 0 saturated carbocycles. The number of nitrogens with one attached hydrogen (secondary N) is 1. The molecule has 1 aliphatic carbocycles. The van der Waals surface area contributed by atoms with E-state index in [-0.39, 0.29) is 11.7 Å². The Labute approximate surface area is 209 Å². The van der Waals surface area contributed by atoms with Crippen molar-refractivity contribution in [3.05, 3.63) is 110 Å². The first-order valence-electron chi connectivity index (χ1n) is 10.6. The Morgan fingerprint density at radius 2 is 1.80 bits per heavy atom. The lowest BCUT2D eigenvalue weighted by Crippen LogP contribution is -2.12. The number of carbonyl (C=O) groups excluding carboxylic acids is 2. The second kappa shape index (κ2) is 9.25. The molecule has 5 rings (SSSR count). The molecule has 2 N–H and O–H groups in total. The molecule has 1 aromatic heterocycles. The number of rotatable bonds is 4. The van der Waals surface area contributed by atoms with Gasteiger partial charge in [-0.15, -0.1) is 11.3 Å². The van der Waals surface area contributed by atoms with E-state index in [0.717, 1.165) is 22.5 Å². The standard InChI is InChI=1S/C27H17FN2O3S2/c28-18-9-11-19(12-10-18)29-25(32)17-5-3-6-20(14-17)30-26(33)24(35-27(30)34)15-22-21-7-2-1-4-16(21)8-13-23(22)31/h1-15,33H,(H,29,32). The van der Waals surface area contributed by atoms with Gasteiger partial charge in [0.05, 0.1) is 10.6 Å². The maximum Gasteiger partial charge on any atom is 0.255 e. The summed E-state index contributed by atoms with van der Waals surface area (Å²) < 4.78 is 14.9. The van der Waals surface area contributed by atoms with Crippen LogP contribution in [0.15, 0.2) is 78.9 Å². The van der Waals surface area contributed by atoms with Crippen LogP contribution in [0.2, 0.25) is 0 Å². The molecule has 35 heavy (non-hydrogen) atoms. The number of aromatic hydroxyl groups is 1. The number of benzene rings is 3. The zero-order valence-corrected chi connectivity index (χ0v) is 19.7. The van der Waals surface area contributed by atoms with Crippen LogP contribution in [0.4, 0.5) is 10.1 Å². The van der Waals surface area contributed by atoms with Gasteiger partial charge in [-0.1, -0.05) is 36.4 Å². The lowest BCUT2D eigenvalue weighted by Gasteiger charge is -2.12. The van der Waals surface area contributed by atoms with E-state index in [1.54, 1.807) is 36.4 Å². The number of carbonyl (C=O) groups is 2. The van der Waals surface area contributed by atoms with Crippen molar-refractivity contribution >= 4 is 58.7 Å². The monoisotopic (exact) mass is 500 g/mol. The van der Waals surface area contributed by atoms with Crippen molar-refractivity contribution in [2.75, 3.05) is 5.32 Å².